The third-order valence-electron chi connectivity index (χ3n) is 3.60. The van der Waals surface area contributed by atoms with Crippen LogP contribution < -0.4 is 5.73 Å². The number of hydrogen-bond donors (Lipinski definition) is 1. The Morgan fingerprint density at radius 1 is 1.50 bits per heavy atom. The van der Waals surface area contributed by atoms with Crippen molar-refractivity contribution in [3.05, 3.63) is 17.0 Å². The van der Waals surface area contributed by atoms with Crippen LogP contribution in [0, 0.1) is 0 Å². The lowest BCUT2D eigenvalue weighted by Crippen LogP contribution is -2.44. The van der Waals surface area contributed by atoms with Crippen molar-refractivity contribution in [2.75, 3.05) is 12.3 Å². The molecule has 2 heterocycles. The van der Waals surface area contributed by atoms with Crippen LogP contribution in [0.3, 0.4) is 0 Å². The SMILES string of the molecule is CC1CCCCN1C(C)Cc1ccc(N)s1. The maximum absolute atomic E-state index is 5.76. The van der Waals surface area contributed by atoms with Gasteiger partial charge in [-0.2, -0.15) is 0 Å². The Kier molecular flexibility index (Phi) is 3.87. The largest absolute Gasteiger partial charge is 0.391 e. The minimum Gasteiger partial charge on any atom is -0.391 e. The van der Waals surface area contributed by atoms with E-state index in [4.69, 9.17) is 5.73 Å². The standard InChI is InChI=1S/C13H22N2S/c1-10-5-3-4-8-15(10)11(2)9-12-6-7-13(14)16-12/h6-7,10-11H,3-5,8-9,14H2,1-2H3. The number of nitrogen functional groups attached to an aromatic ring is 1. The van der Waals surface area contributed by atoms with Gasteiger partial charge in [-0.15, -0.1) is 11.3 Å². The first-order chi connectivity index (χ1) is 7.66. The zero-order valence-corrected chi connectivity index (χ0v) is 11.1. The van der Waals surface area contributed by atoms with Crippen LogP contribution in [0.2, 0.25) is 0 Å². The van der Waals surface area contributed by atoms with Gasteiger partial charge in [0.1, 0.15) is 0 Å². The molecule has 1 aliphatic heterocycles. The van der Waals surface area contributed by atoms with Gasteiger partial charge >= 0.3 is 0 Å². The molecule has 0 spiro atoms. The molecule has 16 heavy (non-hydrogen) atoms. The van der Waals surface area contributed by atoms with E-state index in [1.165, 1.54) is 30.7 Å². The highest BCUT2D eigenvalue weighted by atomic mass is 32.1. The van der Waals surface area contributed by atoms with Gasteiger partial charge in [-0.05, 0) is 51.8 Å². The fraction of sp³-hybridized carbons (Fsp3) is 0.692. The first-order valence-corrected chi connectivity index (χ1v) is 7.08. The number of piperidine rings is 1. The fourth-order valence-corrected chi connectivity index (χ4v) is 3.59. The molecule has 2 nitrogen and oxygen atoms in total. The predicted molar refractivity (Wildman–Crippen MR) is 71.9 cm³/mol. The summed E-state index contributed by atoms with van der Waals surface area (Å²) in [6.07, 6.45) is 5.26. The highest BCUT2D eigenvalue weighted by Gasteiger charge is 2.23. The Balaban J connectivity index is 1.93. The molecule has 0 saturated carbocycles. The summed E-state index contributed by atoms with van der Waals surface area (Å²) in [5.74, 6) is 0. The van der Waals surface area contributed by atoms with Crippen molar-refractivity contribution in [1.82, 2.24) is 4.90 Å². The minimum atomic E-state index is 0.647. The van der Waals surface area contributed by atoms with E-state index in [1.54, 1.807) is 11.3 Å². The zero-order valence-electron chi connectivity index (χ0n) is 10.3. The number of nitrogens with two attached hydrogens (primary N) is 1. The summed E-state index contributed by atoms with van der Waals surface area (Å²) in [6, 6.07) is 5.59. The van der Waals surface area contributed by atoms with Gasteiger partial charge < -0.3 is 5.73 Å². The molecule has 2 unspecified atom stereocenters. The van der Waals surface area contributed by atoms with Crippen molar-refractivity contribution in [1.29, 1.82) is 0 Å². The monoisotopic (exact) mass is 238 g/mol. The number of thiophene rings is 1. The molecule has 1 fully saturated rings. The molecule has 0 aliphatic carbocycles. The molecular weight excluding hydrogens is 216 g/mol. The van der Waals surface area contributed by atoms with Crippen LogP contribution in [0.1, 0.15) is 38.0 Å². The van der Waals surface area contributed by atoms with Gasteiger partial charge in [0.05, 0.1) is 5.00 Å². The Bertz CT molecular complexity index is 334. The number of hydrogen-bond acceptors (Lipinski definition) is 3. The molecular formula is C13H22N2S. The van der Waals surface area contributed by atoms with Gasteiger partial charge in [-0.25, -0.2) is 0 Å². The van der Waals surface area contributed by atoms with Crippen LogP contribution in [0.5, 0.6) is 0 Å². The second kappa shape index (κ2) is 5.19. The Labute approximate surface area is 102 Å². The zero-order chi connectivity index (χ0) is 11.5. The van der Waals surface area contributed by atoms with Crippen molar-refractivity contribution in [3.63, 3.8) is 0 Å². The summed E-state index contributed by atoms with van der Waals surface area (Å²) in [7, 11) is 0. The average Bonchev–Trinajstić information content (AvgIpc) is 2.64. The normalized spacial score (nSPS) is 24.5. The first kappa shape index (κ1) is 11.9. The van der Waals surface area contributed by atoms with E-state index >= 15 is 0 Å². The molecule has 0 aromatic carbocycles. The molecule has 1 aromatic heterocycles. The van der Waals surface area contributed by atoms with Gasteiger partial charge in [-0.1, -0.05) is 6.42 Å². The lowest BCUT2D eigenvalue weighted by Gasteiger charge is -2.38. The molecule has 3 heteroatoms. The van der Waals surface area contributed by atoms with Crippen LogP contribution in [0.15, 0.2) is 12.1 Å². The molecule has 0 bridgehead atoms. The summed E-state index contributed by atoms with van der Waals surface area (Å²) < 4.78 is 0. The lowest BCUT2D eigenvalue weighted by molar-refractivity contribution is 0.114. The van der Waals surface area contributed by atoms with E-state index in [0.717, 1.165) is 17.5 Å². The summed E-state index contributed by atoms with van der Waals surface area (Å²) in [6.45, 7) is 5.97. The van der Waals surface area contributed by atoms with Crippen LogP contribution in [0.4, 0.5) is 5.00 Å². The van der Waals surface area contributed by atoms with Crippen LogP contribution in [-0.4, -0.2) is 23.5 Å². The third kappa shape index (κ3) is 2.77. The van der Waals surface area contributed by atoms with E-state index < -0.39 is 0 Å². The average molecular weight is 238 g/mol. The van der Waals surface area contributed by atoms with Crippen molar-refractivity contribution >= 4 is 16.3 Å². The Hall–Kier alpha value is -0.540. The molecule has 2 rings (SSSR count). The Morgan fingerprint density at radius 3 is 2.94 bits per heavy atom. The van der Waals surface area contributed by atoms with E-state index in [1.807, 2.05) is 6.07 Å². The summed E-state index contributed by atoms with van der Waals surface area (Å²) in [4.78, 5) is 4.07. The molecule has 2 atom stereocenters. The summed E-state index contributed by atoms with van der Waals surface area (Å²) >= 11 is 1.73. The minimum absolute atomic E-state index is 0.647. The second-order valence-electron chi connectivity index (χ2n) is 4.94. The van der Waals surface area contributed by atoms with E-state index in [9.17, 15) is 0 Å². The highest BCUT2D eigenvalue weighted by molar-refractivity contribution is 7.15. The molecule has 1 saturated heterocycles. The van der Waals surface area contributed by atoms with Crippen molar-refractivity contribution < 1.29 is 0 Å². The Morgan fingerprint density at radius 2 is 2.31 bits per heavy atom. The lowest BCUT2D eigenvalue weighted by atomic mass is 10.0. The van der Waals surface area contributed by atoms with Crippen molar-refractivity contribution in [2.45, 2.75) is 51.6 Å². The highest BCUT2D eigenvalue weighted by Crippen LogP contribution is 2.24. The maximum Gasteiger partial charge on any atom is 0.0859 e. The maximum atomic E-state index is 5.76. The molecule has 1 aliphatic rings. The number of likely N-dealkylation sites (tertiary alicyclic amines) is 1. The smallest absolute Gasteiger partial charge is 0.0859 e. The first-order valence-electron chi connectivity index (χ1n) is 6.26. The van der Waals surface area contributed by atoms with E-state index in [0.29, 0.717) is 6.04 Å². The molecule has 0 radical (unpaired) electrons. The van der Waals surface area contributed by atoms with Crippen molar-refractivity contribution in [2.24, 2.45) is 0 Å². The van der Waals surface area contributed by atoms with Crippen LogP contribution in [0.25, 0.3) is 0 Å². The number of nitrogens with zero attached hydrogens (tertiary/aromatic N) is 1. The van der Waals surface area contributed by atoms with E-state index in [2.05, 4.69) is 24.8 Å². The fourth-order valence-electron chi connectivity index (χ4n) is 2.69. The van der Waals surface area contributed by atoms with Crippen molar-refractivity contribution in [3.8, 4) is 0 Å². The van der Waals surface area contributed by atoms with Gasteiger partial charge in [0.25, 0.3) is 0 Å². The topological polar surface area (TPSA) is 29.3 Å². The number of anilines is 1. The predicted octanol–water partition coefficient (Wildman–Crippen LogP) is 3.14. The molecule has 0 amide bonds. The van der Waals surface area contributed by atoms with Crippen LogP contribution >= 0.6 is 11.3 Å². The van der Waals surface area contributed by atoms with E-state index in [-0.39, 0.29) is 0 Å². The van der Waals surface area contributed by atoms with Crippen LogP contribution in [-0.2, 0) is 6.42 Å². The second-order valence-corrected chi connectivity index (χ2v) is 6.14. The van der Waals surface area contributed by atoms with Gasteiger partial charge in [0.15, 0.2) is 0 Å². The van der Waals surface area contributed by atoms with Gasteiger partial charge in [-0.3, -0.25) is 4.90 Å². The third-order valence-corrected chi connectivity index (χ3v) is 4.54. The summed E-state index contributed by atoms with van der Waals surface area (Å²) in [5, 5.41) is 0.939. The molecule has 1 aromatic rings. The van der Waals surface area contributed by atoms with Gasteiger partial charge in [0.2, 0.25) is 0 Å². The molecule has 2 N–H and O–H groups in total. The quantitative estimate of drug-likeness (QED) is 0.876. The summed E-state index contributed by atoms with van der Waals surface area (Å²) in [5.41, 5.74) is 5.76. The molecule has 90 valence electrons. The number of rotatable bonds is 3. The van der Waals surface area contributed by atoms with Gasteiger partial charge in [0, 0.05) is 17.0 Å².